The SMILES string of the molecule is C/C=C(\C)C(=O)OCc1c2c(c(OC)c3occ(C)c13)C=CCC2C. The molecule has 4 heteroatoms. The molecule has 0 fully saturated rings. The molecule has 1 heterocycles. The van der Waals surface area contributed by atoms with E-state index in [0.717, 1.165) is 34.2 Å². The maximum absolute atomic E-state index is 12.1. The molecule has 2 aromatic rings. The number of allylic oxidation sites excluding steroid dienone is 2. The molecule has 0 aliphatic heterocycles. The van der Waals surface area contributed by atoms with E-state index in [2.05, 4.69) is 19.1 Å². The van der Waals surface area contributed by atoms with E-state index in [0.29, 0.717) is 17.1 Å². The number of aryl methyl sites for hydroxylation is 1. The van der Waals surface area contributed by atoms with Crippen molar-refractivity contribution < 1.29 is 18.7 Å². The van der Waals surface area contributed by atoms with Gasteiger partial charge in [0.25, 0.3) is 0 Å². The molecule has 0 saturated heterocycles. The highest BCUT2D eigenvalue weighted by Crippen LogP contribution is 2.45. The largest absolute Gasteiger partial charge is 0.492 e. The summed E-state index contributed by atoms with van der Waals surface area (Å²) in [5.74, 6) is 0.782. The van der Waals surface area contributed by atoms with Gasteiger partial charge in [-0.2, -0.15) is 0 Å². The predicted octanol–water partition coefficient (Wildman–Crippen LogP) is 5.28. The first kappa shape index (κ1) is 17.3. The molecular formula is C21H24O4. The van der Waals surface area contributed by atoms with Gasteiger partial charge < -0.3 is 13.9 Å². The maximum atomic E-state index is 12.1. The van der Waals surface area contributed by atoms with Gasteiger partial charge in [0.05, 0.1) is 13.4 Å². The highest BCUT2D eigenvalue weighted by Gasteiger charge is 2.27. The van der Waals surface area contributed by atoms with E-state index in [9.17, 15) is 4.79 Å². The van der Waals surface area contributed by atoms with Crippen molar-refractivity contribution in [2.24, 2.45) is 0 Å². The molecule has 0 spiro atoms. The second kappa shape index (κ2) is 6.79. The lowest BCUT2D eigenvalue weighted by Gasteiger charge is -2.24. The van der Waals surface area contributed by atoms with E-state index in [1.165, 1.54) is 5.56 Å². The fourth-order valence-electron chi connectivity index (χ4n) is 3.49. The third kappa shape index (κ3) is 2.86. The molecular weight excluding hydrogens is 316 g/mol. The number of hydrogen-bond donors (Lipinski definition) is 0. The Kier molecular flexibility index (Phi) is 4.71. The van der Waals surface area contributed by atoms with Gasteiger partial charge in [0.2, 0.25) is 0 Å². The lowest BCUT2D eigenvalue weighted by Crippen LogP contribution is -2.12. The Labute approximate surface area is 148 Å². The Morgan fingerprint density at radius 3 is 2.88 bits per heavy atom. The van der Waals surface area contributed by atoms with Crippen molar-refractivity contribution in [2.75, 3.05) is 7.11 Å². The zero-order valence-corrected chi connectivity index (χ0v) is 15.4. The van der Waals surface area contributed by atoms with E-state index in [1.54, 1.807) is 26.4 Å². The topological polar surface area (TPSA) is 48.7 Å². The summed E-state index contributed by atoms with van der Waals surface area (Å²) in [4.78, 5) is 12.1. The number of carbonyl (C=O) groups excluding carboxylic acids is 1. The van der Waals surface area contributed by atoms with Gasteiger partial charge in [0.15, 0.2) is 11.3 Å². The third-order valence-corrected chi connectivity index (χ3v) is 4.92. The number of benzene rings is 1. The standard InChI is InChI=1S/C21H24O4/c1-6-12(2)21(22)25-11-16-17-13(3)8-7-9-15(17)19(23-5)20-18(16)14(4)10-24-20/h6-7,9-10,13H,8,11H2,1-5H3/b12-6+. The molecule has 1 aliphatic rings. The molecule has 4 nitrogen and oxygen atoms in total. The zero-order chi connectivity index (χ0) is 18.1. The van der Waals surface area contributed by atoms with E-state index >= 15 is 0 Å². The summed E-state index contributed by atoms with van der Waals surface area (Å²) < 4.78 is 17.0. The number of hydrogen-bond acceptors (Lipinski definition) is 4. The summed E-state index contributed by atoms with van der Waals surface area (Å²) in [5, 5.41) is 0.990. The predicted molar refractivity (Wildman–Crippen MR) is 98.8 cm³/mol. The first-order valence-electron chi connectivity index (χ1n) is 8.56. The van der Waals surface area contributed by atoms with E-state index < -0.39 is 0 Å². The first-order valence-corrected chi connectivity index (χ1v) is 8.56. The van der Waals surface area contributed by atoms with Gasteiger partial charge in [-0.3, -0.25) is 0 Å². The van der Waals surface area contributed by atoms with Crippen LogP contribution < -0.4 is 4.74 Å². The molecule has 1 atom stereocenters. The van der Waals surface area contributed by atoms with Gasteiger partial charge >= 0.3 is 5.97 Å². The maximum Gasteiger partial charge on any atom is 0.333 e. The number of furan rings is 1. The van der Waals surface area contributed by atoms with Crippen molar-refractivity contribution in [3.63, 3.8) is 0 Å². The van der Waals surface area contributed by atoms with E-state index in [1.807, 2.05) is 13.8 Å². The van der Waals surface area contributed by atoms with Crippen LogP contribution in [0.15, 0.2) is 28.4 Å². The fraction of sp³-hybridized carbons (Fsp3) is 0.381. The summed E-state index contributed by atoms with van der Waals surface area (Å²) >= 11 is 0. The lowest BCUT2D eigenvalue weighted by atomic mass is 9.82. The summed E-state index contributed by atoms with van der Waals surface area (Å²) in [7, 11) is 1.66. The Bertz CT molecular complexity index is 883. The lowest BCUT2D eigenvalue weighted by molar-refractivity contribution is -0.140. The highest BCUT2D eigenvalue weighted by molar-refractivity contribution is 5.95. The summed E-state index contributed by atoms with van der Waals surface area (Å²) in [6.07, 6.45) is 8.67. The smallest absolute Gasteiger partial charge is 0.333 e. The highest BCUT2D eigenvalue weighted by atomic mass is 16.5. The quantitative estimate of drug-likeness (QED) is 0.561. The third-order valence-electron chi connectivity index (χ3n) is 4.92. The molecule has 1 aliphatic carbocycles. The number of esters is 1. The van der Waals surface area contributed by atoms with Crippen LogP contribution in [0.25, 0.3) is 17.0 Å². The van der Waals surface area contributed by atoms with Crippen LogP contribution in [0.5, 0.6) is 5.75 Å². The normalized spacial score (nSPS) is 16.8. The van der Waals surface area contributed by atoms with Crippen LogP contribution in [0.4, 0.5) is 0 Å². The molecule has 1 aromatic heterocycles. The Hall–Kier alpha value is -2.49. The van der Waals surface area contributed by atoms with Crippen LogP contribution in [0.3, 0.4) is 0 Å². The fourth-order valence-corrected chi connectivity index (χ4v) is 3.49. The molecule has 25 heavy (non-hydrogen) atoms. The summed E-state index contributed by atoms with van der Waals surface area (Å²) in [6, 6.07) is 0. The Balaban J connectivity index is 2.19. The van der Waals surface area contributed by atoms with E-state index in [-0.39, 0.29) is 12.6 Å². The molecule has 1 unspecified atom stereocenters. The molecule has 0 bridgehead atoms. The molecule has 0 radical (unpaired) electrons. The number of ether oxygens (including phenoxy) is 2. The van der Waals surface area contributed by atoms with Gasteiger partial charge in [0, 0.05) is 22.1 Å². The van der Waals surface area contributed by atoms with Gasteiger partial charge in [-0.15, -0.1) is 0 Å². The van der Waals surface area contributed by atoms with Crippen molar-refractivity contribution in [1.82, 2.24) is 0 Å². The van der Waals surface area contributed by atoms with Crippen LogP contribution in [0.1, 0.15) is 55.4 Å². The van der Waals surface area contributed by atoms with Gasteiger partial charge in [-0.05, 0) is 44.2 Å². The number of fused-ring (bicyclic) bond motifs is 2. The second-order valence-electron chi connectivity index (χ2n) is 6.55. The van der Waals surface area contributed by atoms with Crippen LogP contribution >= 0.6 is 0 Å². The van der Waals surface area contributed by atoms with Crippen molar-refractivity contribution in [3.05, 3.63) is 46.2 Å². The van der Waals surface area contributed by atoms with Gasteiger partial charge in [-0.25, -0.2) is 4.79 Å². The number of methoxy groups -OCH3 is 1. The number of carbonyl (C=O) groups is 1. The van der Waals surface area contributed by atoms with Crippen LogP contribution in [0.2, 0.25) is 0 Å². The minimum Gasteiger partial charge on any atom is -0.492 e. The summed E-state index contributed by atoms with van der Waals surface area (Å²) in [6.45, 7) is 8.01. The van der Waals surface area contributed by atoms with Gasteiger partial charge in [-0.1, -0.05) is 25.2 Å². The second-order valence-corrected chi connectivity index (χ2v) is 6.55. The molecule has 0 N–H and O–H groups in total. The van der Waals surface area contributed by atoms with Crippen molar-refractivity contribution in [2.45, 2.75) is 46.6 Å². The Morgan fingerprint density at radius 1 is 1.44 bits per heavy atom. The molecule has 132 valence electrons. The average molecular weight is 340 g/mol. The van der Waals surface area contributed by atoms with E-state index in [4.69, 9.17) is 13.9 Å². The monoisotopic (exact) mass is 340 g/mol. The minimum atomic E-state index is -0.291. The Morgan fingerprint density at radius 2 is 2.20 bits per heavy atom. The van der Waals surface area contributed by atoms with Crippen LogP contribution in [-0.2, 0) is 16.1 Å². The zero-order valence-electron chi connectivity index (χ0n) is 15.4. The first-order chi connectivity index (χ1) is 12.0. The molecule has 0 amide bonds. The average Bonchev–Trinajstić information content (AvgIpc) is 2.99. The number of rotatable bonds is 4. The van der Waals surface area contributed by atoms with Crippen LogP contribution in [0, 0.1) is 6.92 Å². The summed E-state index contributed by atoms with van der Waals surface area (Å²) in [5.41, 5.74) is 5.57. The van der Waals surface area contributed by atoms with Crippen molar-refractivity contribution in [1.29, 1.82) is 0 Å². The van der Waals surface area contributed by atoms with Crippen molar-refractivity contribution in [3.8, 4) is 5.75 Å². The molecule has 1 aromatic carbocycles. The molecule has 3 rings (SSSR count). The van der Waals surface area contributed by atoms with Crippen molar-refractivity contribution >= 4 is 23.0 Å². The minimum absolute atomic E-state index is 0.228. The van der Waals surface area contributed by atoms with Gasteiger partial charge in [0.1, 0.15) is 6.61 Å². The molecule has 0 saturated carbocycles. The van der Waals surface area contributed by atoms with Crippen LogP contribution in [-0.4, -0.2) is 13.1 Å².